The number of aliphatic hydroxyl groups excluding tert-OH is 1. The van der Waals surface area contributed by atoms with E-state index in [4.69, 9.17) is 15.9 Å². The number of benzene rings is 3. The van der Waals surface area contributed by atoms with E-state index in [1.807, 2.05) is 12.1 Å². The van der Waals surface area contributed by atoms with E-state index in [9.17, 15) is 13.5 Å². The Morgan fingerprint density at radius 2 is 1.74 bits per heavy atom. The Labute approximate surface area is 181 Å². The molecule has 0 radical (unpaired) electrons. The summed E-state index contributed by atoms with van der Waals surface area (Å²) < 4.78 is 30.5. The third-order valence-corrected chi connectivity index (χ3v) is 6.34. The van der Waals surface area contributed by atoms with Crippen molar-refractivity contribution in [3.8, 4) is 5.75 Å². The molecule has 3 rings (SSSR count). The molecule has 0 aromatic heterocycles. The normalized spacial score (nSPS) is 12.5. The van der Waals surface area contributed by atoms with Crippen LogP contribution < -0.4 is 21.1 Å². The number of hydrogen-bond acceptors (Lipinski definition) is 7. The minimum Gasteiger partial charge on any atom is -0.497 e. The summed E-state index contributed by atoms with van der Waals surface area (Å²) >= 11 is 0. The molecule has 3 aromatic carbocycles. The molecule has 1 atom stereocenters. The highest BCUT2D eigenvalue weighted by Gasteiger charge is 2.15. The Balaban J connectivity index is 1.51. The second-order valence-corrected chi connectivity index (χ2v) is 9.10. The van der Waals surface area contributed by atoms with Crippen LogP contribution in [0.5, 0.6) is 5.75 Å². The number of hydrogen-bond donors (Lipinski definition) is 5. The monoisotopic (exact) mass is 442 g/mol. The maximum absolute atomic E-state index is 12.6. The predicted octanol–water partition coefficient (Wildman–Crippen LogP) is 1.93. The molecular weight excluding hydrogens is 416 g/mol. The molecule has 0 heterocycles. The van der Waals surface area contributed by atoms with E-state index in [-0.39, 0.29) is 29.7 Å². The molecule has 0 saturated carbocycles. The molecule has 0 spiro atoms. The van der Waals surface area contributed by atoms with Crippen LogP contribution in [0.1, 0.15) is 5.56 Å². The van der Waals surface area contributed by atoms with E-state index in [2.05, 4.69) is 10.6 Å². The molecule has 0 saturated heterocycles. The predicted molar refractivity (Wildman–Crippen MR) is 123 cm³/mol. The SMILES string of the molecule is COc1ccc2cc(S(=O)(=O)CNCC(O)CNc3ccc(C(=N)N)cc3)ccc2c1. The van der Waals surface area contributed by atoms with Crippen molar-refractivity contribution in [3.63, 3.8) is 0 Å². The number of nitrogens with two attached hydrogens (primary N) is 1. The average Bonchev–Trinajstić information content (AvgIpc) is 2.77. The van der Waals surface area contributed by atoms with Crippen LogP contribution in [-0.2, 0) is 9.84 Å². The summed E-state index contributed by atoms with van der Waals surface area (Å²) in [4.78, 5) is 0.218. The number of sulfone groups is 1. The maximum Gasteiger partial charge on any atom is 0.191 e. The molecule has 9 heteroatoms. The third kappa shape index (κ3) is 5.94. The standard InChI is InChI=1S/C22H26N4O4S/c1-30-20-8-4-17-11-21(9-5-16(17)10-20)31(28,29)14-25-12-19(27)13-26-18-6-2-15(3-7-18)22(23)24/h2-11,19,25-27H,12-14H2,1H3,(H3,23,24). The quantitative estimate of drug-likeness (QED) is 0.239. The van der Waals surface area contributed by atoms with Gasteiger partial charge in [0.05, 0.1) is 18.1 Å². The lowest BCUT2D eigenvalue weighted by molar-refractivity contribution is 0.186. The van der Waals surface area contributed by atoms with Crippen molar-refractivity contribution in [2.45, 2.75) is 11.0 Å². The van der Waals surface area contributed by atoms with Crippen molar-refractivity contribution in [1.29, 1.82) is 5.41 Å². The zero-order valence-electron chi connectivity index (χ0n) is 17.1. The van der Waals surface area contributed by atoms with E-state index in [0.717, 1.165) is 16.5 Å². The number of anilines is 1. The Bertz CT molecular complexity index is 1160. The minimum atomic E-state index is -3.55. The van der Waals surface area contributed by atoms with Crippen LogP contribution >= 0.6 is 0 Å². The largest absolute Gasteiger partial charge is 0.497 e. The van der Waals surface area contributed by atoms with Gasteiger partial charge >= 0.3 is 0 Å². The minimum absolute atomic E-state index is 0.0110. The molecule has 0 fully saturated rings. The number of fused-ring (bicyclic) bond motifs is 1. The molecule has 0 aliphatic heterocycles. The molecule has 3 aromatic rings. The Morgan fingerprint density at radius 1 is 1.06 bits per heavy atom. The molecule has 8 nitrogen and oxygen atoms in total. The van der Waals surface area contributed by atoms with Gasteiger partial charge in [-0.05, 0) is 59.3 Å². The number of ether oxygens (including phenoxy) is 1. The average molecular weight is 443 g/mol. The van der Waals surface area contributed by atoms with Crippen molar-refractivity contribution in [1.82, 2.24) is 5.32 Å². The van der Waals surface area contributed by atoms with E-state index < -0.39 is 15.9 Å². The van der Waals surface area contributed by atoms with E-state index in [1.165, 1.54) is 0 Å². The summed E-state index contributed by atoms with van der Waals surface area (Å²) in [5, 5.41) is 25.1. The van der Waals surface area contributed by atoms with E-state index in [1.54, 1.807) is 55.6 Å². The Morgan fingerprint density at radius 3 is 2.42 bits per heavy atom. The van der Waals surface area contributed by atoms with Crippen LogP contribution in [0.3, 0.4) is 0 Å². The fourth-order valence-electron chi connectivity index (χ4n) is 3.04. The van der Waals surface area contributed by atoms with Crippen molar-refractivity contribution in [2.24, 2.45) is 5.73 Å². The van der Waals surface area contributed by atoms with Crippen molar-refractivity contribution >= 4 is 32.1 Å². The number of amidine groups is 1. The zero-order chi connectivity index (χ0) is 22.4. The van der Waals surface area contributed by atoms with Crippen molar-refractivity contribution in [3.05, 3.63) is 66.2 Å². The van der Waals surface area contributed by atoms with Crippen LogP contribution in [0.15, 0.2) is 65.6 Å². The van der Waals surface area contributed by atoms with Crippen LogP contribution in [0.2, 0.25) is 0 Å². The molecule has 1 unspecified atom stereocenters. The first kappa shape index (κ1) is 22.5. The Hall–Kier alpha value is -3.14. The molecule has 0 aliphatic rings. The smallest absolute Gasteiger partial charge is 0.191 e. The van der Waals surface area contributed by atoms with Gasteiger partial charge in [0.15, 0.2) is 9.84 Å². The van der Waals surface area contributed by atoms with E-state index in [0.29, 0.717) is 11.3 Å². The second kappa shape index (κ2) is 9.78. The summed E-state index contributed by atoms with van der Waals surface area (Å²) in [6.45, 7) is 0.354. The zero-order valence-corrected chi connectivity index (χ0v) is 17.9. The molecule has 0 amide bonds. The van der Waals surface area contributed by atoms with Gasteiger partial charge in [0, 0.05) is 24.3 Å². The van der Waals surface area contributed by atoms with Crippen LogP contribution in [-0.4, -0.2) is 51.5 Å². The maximum atomic E-state index is 12.6. The third-order valence-electron chi connectivity index (χ3n) is 4.79. The summed E-state index contributed by atoms with van der Waals surface area (Å²) in [6, 6.07) is 17.3. The molecule has 164 valence electrons. The highest BCUT2D eigenvalue weighted by molar-refractivity contribution is 7.91. The number of aliphatic hydroxyl groups is 1. The van der Waals surface area contributed by atoms with Gasteiger partial charge in [-0.25, -0.2) is 8.42 Å². The van der Waals surface area contributed by atoms with Gasteiger partial charge in [0.2, 0.25) is 0 Å². The molecular formula is C22H26N4O4S. The summed E-state index contributed by atoms with van der Waals surface area (Å²) in [5.41, 5.74) is 6.80. The lowest BCUT2D eigenvalue weighted by atomic mass is 10.1. The number of methoxy groups -OCH3 is 1. The molecule has 6 N–H and O–H groups in total. The van der Waals surface area contributed by atoms with Gasteiger partial charge < -0.3 is 26.2 Å². The van der Waals surface area contributed by atoms with Gasteiger partial charge in [0.25, 0.3) is 0 Å². The topological polar surface area (TPSA) is 138 Å². The first-order valence-corrected chi connectivity index (χ1v) is 11.3. The van der Waals surface area contributed by atoms with Gasteiger partial charge in [-0.3, -0.25) is 5.41 Å². The van der Waals surface area contributed by atoms with Crippen LogP contribution in [0, 0.1) is 5.41 Å². The number of rotatable bonds is 10. The van der Waals surface area contributed by atoms with Crippen LogP contribution in [0.25, 0.3) is 10.8 Å². The van der Waals surface area contributed by atoms with Crippen molar-refractivity contribution < 1.29 is 18.3 Å². The van der Waals surface area contributed by atoms with E-state index >= 15 is 0 Å². The lowest BCUT2D eigenvalue weighted by Crippen LogP contribution is -2.35. The summed E-state index contributed by atoms with van der Waals surface area (Å²) in [7, 11) is -1.97. The van der Waals surface area contributed by atoms with Gasteiger partial charge in [-0.1, -0.05) is 12.1 Å². The van der Waals surface area contributed by atoms with Crippen molar-refractivity contribution in [2.75, 3.05) is 31.4 Å². The summed E-state index contributed by atoms with van der Waals surface area (Å²) in [6.07, 6.45) is -0.785. The number of nitrogens with one attached hydrogen (secondary N) is 3. The van der Waals surface area contributed by atoms with Crippen LogP contribution in [0.4, 0.5) is 5.69 Å². The lowest BCUT2D eigenvalue weighted by Gasteiger charge is -2.14. The molecule has 0 bridgehead atoms. The highest BCUT2D eigenvalue weighted by Crippen LogP contribution is 2.24. The molecule has 0 aliphatic carbocycles. The fraction of sp³-hybridized carbons (Fsp3) is 0.227. The van der Waals surface area contributed by atoms with Gasteiger partial charge in [0.1, 0.15) is 17.5 Å². The fourth-order valence-corrected chi connectivity index (χ4v) is 4.18. The highest BCUT2D eigenvalue weighted by atomic mass is 32.2. The molecule has 31 heavy (non-hydrogen) atoms. The second-order valence-electron chi connectivity index (χ2n) is 7.11. The van der Waals surface area contributed by atoms with Gasteiger partial charge in [-0.15, -0.1) is 0 Å². The first-order valence-electron chi connectivity index (χ1n) is 9.66. The first-order chi connectivity index (χ1) is 14.8. The van der Waals surface area contributed by atoms with Gasteiger partial charge in [-0.2, -0.15) is 0 Å². The number of nitrogen functional groups attached to an aromatic ring is 1. The summed E-state index contributed by atoms with van der Waals surface area (Å²) in [5.74, 6) is 0.421. The Kier molecular flexibility index (Phi) is 7.11.